The number of rotatable bonds is 5. The number of hydrogen-bond donors (Lipinski definition) is 1. The van der Waals surface area contributed by atoms with Gasteiger partial charge in [0.15, 0.2) is 5.76 Å². The van der Waals surface area contributed by atoms with Crippen LogP contribution in [0.5, 0.6) is 0 Å². The average molecular weight is 406 g/mol. The van der Waals surface area contributed by atoms with Gasteiger partial charge in [-0.05, 0) is 50.5 Å². The lowest BCUT2D eigenvalue weighted by Gasteiger charge is -2.21. The molecule has 0 radical (unpaired) electrons. The van der Waals surface area contributed by atoms with E-state index in [2.05, 4.69) is 5.32 Å². The lowest BCUT2D eigenvalue weighted by Crippen LogP contribution is -2.34. The molecule has 1 saturated heterocycles. The van der Waals surface area contributed by atoms with E-state index in [1.165, 1.54) is 0 Å². The number of furan rings is 1. The Hall–Kier alpha value is -3.12. The Kier molecular flexibility index (Phi) is 5.59. The van der Waals surface area contributed by atoms with Crippen LogP contribution in [-0.4, -0.2) is 43.0 Å². The number of nitrogens with zero attached hydrogens (tertiary/aromatic N) is 1. The second-order valence-corrected chi connectivity index (χ2v) is 7.86. The molecule has 0 spiro atoms. The van der Waals surface area contributed by atoms with Crippen molar-refractivity contribution in [1.82, 2.24) is 4.90 Å². The zero-order valence-corrected chi connectivity index (χ0v) is 17.5. The summed E-state index contributed by atoms with van der Waals surface area (Å²) in [7, 11) is 1.78. The lowest BCUT2D eigenvalue weighted by atomic mass is 10.1. The number of ether oxygens (including phenoxy) is 1. The van der Waals surface area contributed by atoms with E-state index in [1.54, 1.807) is 24.1 Å². The predicted octanol–water partition coefficient (Wildman–Crippen LogP) is 4.55. The van der Waals surface area contributed by atoms with Crippen molar-refractivity contribution < 1.29 is 18.7 Å². The molecule has 156 valence electrons. The Balaban J connectivity index is 1.53. The number of amides is 2. The summed E-state index contributed by atoms with van der Waals surface area (Å²) in [4.78, 5) is 27.4. The monoisotopic (exact) mass is 406 g/mol. The standard InChI is InChI=1S/C24H26N2O4/c1-15-10-11-17(24(28)26(3)14-18-7-6-12-29-18)13-20(15)25-23(27)22-16(2)19-8-4-5-9-21(19)30-22/h4-5,8-11,13,18H,6-7,12,14H2,1-3H3,(H,25,27). The van der Waals surface area contributed by atoms with Gasteiger partial charge in [0, 0.05) is 42.4 Å². The number of carbonyl (C=O) groups excluding carboxylic acids is 2. The maximum Gasteiger partial charge on any atom is 0.291 e. The molecule has 0 bridgehead atoms. The van der Waals surface area contributed by atoms with Crippen molar-refractivity contribution >= 4 is 28.5 Å². The van der Waals surface area contributed by atoms with Gasteiger partial charge in [-0.1, -0.05) is 24.3 Å². The minimum Gasteiger partial charge on any atom is -0.451 e. The molecule has 3 aromatic rings. The van der Waals surface area contributed by atoms with Crippen LogP contribution in [0, 0.1) is 13.8 Å². The van der Waals surface area contributed by atoms with E-state index in [4.69, 9.17) is 9.15 Å². The van der Waals surface area contributed by atoms with Crippen LogP contribution in [0.2, 0.25) is 0 Å². The smallest absolute Gasteiger partial charge is 0.291 e. The molecular weight excluding hydrogens is 380 g/mol. The molecule has 6 nitrogen and oxygen atoms in total. The first kappa shape index (κ1) is 20.2. The number of anilines is 1. The number of fused-ring (bicyclic) bond motifs is 1. The molecule has 30 heavy (non-hydrogen) atoms. The minimum atomic E-state index is -0.330. The summed E-state index contributed by atoms with van der Waals surface area (Å²) >= 11 is 0. The number of nitrogens with one attached hydrogen (secondary N) is 1. The molecule has 1 N–H and O–H groups in total. The second-order valence-electron chi connectivity index (χ2n) is 7.86. The van der Waals surface area contributed by atoms with E-state index < -0.39 is 0 Å². The third kappa shape index (κ3) is 3.96. The van der Waals surface area contributed by atoms with E-state index in [-0.39, 0.29) is 23.7 Å². The van der Waals surface area contributed by atoms with Crippen LogP contribution in [0.1, 0.15) is 44.9 Å². The molecule has 2 amide bonds. The Morgan fingerprint density at radius 1 is 1.17 bits per heavy atom. The molecule has 2 aromatic carbocycles. The number of benzene rings is 2. The number of para-hydroxylation sites is 1. The highest BCUT2D eigenvalue weighted by molar-refractivity contribution is 6.07. The summed E-state index contributed by atoms with van der Waals surface area (Å²) in [5, 5.41) is 3.82. The number of likely N-dealkylation sites (N-methyl/N-ethyl adjacent to an activating group) is 1. The van der Waals surface area contributed by atoms with E-state index in [0.717, 1.165) is 36.0 Å². The Morgan fingerprint density at radius 2 is 1.97 bits per heavy atom. The van der Waals surface area contributed by atoms with Crippen molar-refractivity contribution in [2.75, 3.05) is 25.5 Å². The van der Waals surface area contributed by atoms with Gasteiger partial charge >= 0.3 is 0 Å². The molecule has 1 unspecified atom stereocenters. The Morgan fingerprint density at radius 3 is 2.70 bits per heavy atom. The highest BCUT2D eigenvalue weighted by atomic mass is 16.5. The van der Waals surface area contributed by atoms with E-state index in [0.29, 0.717) is 23.4 Å². The Labute approximate surface area is 175 Å². The van der Waals surface area contributed by atoms with Gasteiger partial charge in [0.2, 0.25) is 0 Å². The minimum absolute atomic E-state index is 0.0964. The summed E-state index contributed by atoms with van der Waals surface area (Å²) in [6, 6.07) is 12.9. The van der Waals surface area contributed by atoms with Crippen molar-refractivity contribution in [3.8, 4) is 0 Å². The first-order valence-electron chi connectivity index (χ1n) is 10.2. The summed E-state index contributed by atoms with van der Waals surface area (Å²) in [6.07, 6.45) is 2.11. The van der Waals surface area contributed by atoms with Crippen LogP contribution in [0.25, 0.3) is 11.0 Å². The average Bonchev–Trinajstić information content (AvgIpc) is 3.37. The molecule has 0 saturated carbocycles. The van der Waals surface area contributed by atoms with E-state index >= 15 is 0 Å². The van der Waals surface area contributed by atoms with Gasteiger partial charge in [-0.2, -0.15) is 0 Å². The fourth-order valence-electron chi connectivity index (χ4n) is 3.86. The van der Waals surface area contributed by atoms with Crippen LogP contribution in [0.3, 0.4) is 0 Å². The third-order valence-electron chi connectivity index (χ3n) is 5.63. The van der Waals surface area contributed by atoms with Crippen molar-refractivity contribution in [3.63, 3.8) is 0 Å². The fraction of sp³-hybridized carbons (Fsp3) is 0.333. The number of aryl methyl sites for hydroxylation is 2. The molecule has 1 fully saturated rings. The van der Waals surface area contributed by atoms with Gasteiger partial charge in [-0.25, -0.2) is 0 Å². The van der Waals surface area contributed by atoms with Gasteiger partial charge in [-0.15, -0.1) is 0 Å². The van der Waals surface area contributed by atoms with Gasteiger partial charge in [0.1, 0.15) is 5.58 Å². The normalized spacial score (nSPS) is 16.0. The van der Waals surface area contributed by atoms with Crippen LogP contribution in [-0.2, 0) is 4.74 Å². The zero-order chi connectivity index (χ0) is 21.3. The maximum atomic E-state index is 12.9. The van der Waals surface area contributed by atoms with Gasteiger partial charge in [0.05, 0.1) is 6.10 Å². The third-order valence-corrected chi connectivity index (χ3v) is 5.63. The SMILES string of the molecule is Cc1ccc(C(=O)N(C)CC2CCCO2)cc1NC(=O)c1oc2ccccc2c1C. The van der Waals surface area contributed by atoms with Crippen LogP contribution in [0.4, 0.5) is 5.69 Å². The topological polar surface area (TPSA) is 71.8 Å². The first-order valence-corrected chi connectivity index (χ1v) is 10.2. The molecular formula is C24H26N2O4. The summed E-state index contributed by atoms with van der Waals surface area (Å²) in [5.41, 5.74) is 3.46. The number of carbonyl (C=O) groups is 2. The zero-order valence-electron chi connectivity index (χ0n) is 17.5. The highest BCUT2D eigenvalue weighted by Gasteiger charge is 2.22. The van der Waals surface area contributed by atoms with Gasteiger partial charge in [0.25, 0.3) is 11.8 Å². The second kappa shape index (κ2) is 8.32. The Bertz CT molecular complexity index is 1100. The molecule has 4 rings (SSSR count). The fourth-order valence-corrected chi connectivity index (χ4v) is 3.86. The molecule has 1 aliphatic rings. The quantitative estimate of drug-likeness (QED) is 0.675. The molecule has 1 aromatic heterocycles. The summed E-state index contributed by atoms with van der Waals surface area (Å²) in [6.45, 7) is 5.08. The lowest BCUT2D eigenvalue weighted by molar-refractivity contribution is 0.0587. The van der Waals surface area contributed by atoms with Crippen LogP contribution >= 0.6 is 0 Å². The molecule has 1 atom stereocenters. The summed E-state index contributed by atoms with van der Waals surface area (Å²) in [5.74, 6) is -0.146. The predicted molar refractivity (Wildman–Crippen MR) is 116 cm³/mol. The van der Waals surface area contributed by atoms with Gasteiger partial charge < -0.3 is 19.4 Å². The van der Waals surface area contributed by atoms with Crippen molar-refractivity contribution in [2.24, 2.45) is 0 Å². The first-order chi connectivity index (χ1) is 14.4. The highest BCUT2D eigenvalue weighted by Crippen LogP contribution is 2.26. The molecule has 0 aliphatic carbocycles. The molecule has 2 heterocycles. The summed E-state index contributed by atoms with van der Waals surface area (Å²) < 4.78 is 11.4. The van der Waals surface area contributed by atoms with Crippen molar-refractivity contribution in [2.45, 2.75) is 32.8 Å². The van der Waals surface area contributed by atoms with Crippen LogP contribution in [0.15, 0.2) is 46.9 Å². The maximum absolute atomic E-state index is 12.9. The van der Waals surface area contributed by atoms with Crippen LogP contribution < -0.4 is 5.32 Å². The van der Waals surface area contributed by atoms with E-state index in [1.807, 2.05) is 44.2 Å². The number of hydrogen-bond acceptors (Lipinski definition) is 4. The molecule has 1 aliphatic heterocycles. The largest absolute Gasteiger partial charge is 0.451 e. The van der Waals surface area contributed by atoms with Crippen molar-refractivity contribution in [3.05, 3.63) is 64.9 Å². The van der Waals surface area contributed by atoms with Crippen molar-refractivity contribution in [1.29, 1.82) is 0 Å². The molecule has 6 heteroatoms. The van der Waals surface area contributed by atoms with Gasteiger partial charge in [-0.3, -0.25) is 9.59 Å². The van der Waals surface area contributed by atoms with E-state index in [9.17, 15) is 9.59 Å².